The monoisotopic (exact) mass is 213 g/mol. The normalized spacial score (nSPS) is 29.9. The first-order valence-electron chi connectivity index (χ1n) is 5.64. The van der Waals surface area contributed by atoms with Gasteiger partial charge in [0.25, 0.3) is 0 Å². The van der Waals surface area contributed by atoms with Gasteiger partial charge in [-0.3, -0.25) is 9.69 Å². The van der Waals surface area contributed by atoms with Crippen molar-refractivity contribution in [2.45, 2.75) is 32.4 Å². The van der Waals surface area contributed by atoms with Gasteiger partial charge in [0, 0.05) is 33.2 Å². The molecule has 15 heavy (non-hydrogen) atoms. The van der Waals surface area contributed by atoms with E-state index in [1.807, 2.05) is 6.92 Å². The summed E-state index contributed by atoms with van der Waals surface area (Å²) in [7, 11) is 3.61. The van der Waals surface area contributed by atoms with Crippen LogP contribution in [0.1, 0.15) is 20.3 Å². The van der Waals surface area contributed by atoms with Crippen molar-refractivity contribution in [2.24, 2.45) is 11.7 Å². The van der Waals surface area contributed by atoms with Crippen molar-refractivity contribution in [3.05, 3.63) is 0 Å². The molecule has 3 atom stereocenters. The van der Waals surface area contributed by atoms with Crippen molar-refractivity contribution in [1.29, 1.82) is 0 Å². The Morgan fingerprint density at radius 3 is 2.60 bits per heavy atom. The van der Waals surface area contributed by atoms with Crippen LogP contribution in [-0.4, -0.2) is 55.0 Å². The molecular weight excluding hydrogens is 190 g/mol. The van der Waals surface area contributed by atoms with E-state index in [1.54, 1.807) is 19.0 Å². The Balaban J connectivity index is 2.54. The number of hydrogen-bond acceptors (Lipinski definition) is 3. The third-order valence-corrected chi connectivity index (χ3v) is 3.35. The maximum atomic E-state index is 11.8. The fourth-order valence-electron chi connectivity index (χ4n) is 2.08. The average molecular weight is 213 g/mol. The number of nitrogens with two attached hydrogens (primary N) is 1. The molecule has 0 spiro atoms. The molecular formula is C11H23N3O. The first kappa shape index (κ1) is 12.5. The highest BCUT2D eigenvalue weighted by Crippen LogP contribution is 2.17. The zero-order valence-corrected chi connectivity index (χ0v) is 10.2. The van der Waals surface area contributed by atoms with E-state index in [-0.39, 0.29) is 11.9 Å². The van der Waals surface area contributed by atoms with Crippen LogP contribution >= 0.6 is 0 Å². The van der Waals surface area contributed by atoms with E-state index in [9.17, 15) is 4.79 Å². The van der Waals surface area contributed by atoms with Crippen LogP contribution in [0.15, 0.2) is 0 Å². The first-order chi connectivity index (χ1) is 6.93. The van der Waals surface area contributed by atoms with Crippen LogP contribution in [0.3, 0.4) is 0 Å². The van der Waals surface area contributed by atoms with Gasteiger partial charge in [-0.25, -0.2) is 0 Å². The molecule has 0 aromatic carbocycles. The van der Waals surface area contributed by atoms with Crippen molar-refractivity contribution in [3.8, 4) is 0 Å². The van der Waals surface area contributed by atoms with Gasteiger partial charge in [-0.15, -0.1) is 0 Å². The molecule has 0 radical (unpaired) electrons. The zero-order valence-electron chi connectivity index (χ0n) is 10.2. The van der Waals surface area contributed by atoms with E-state index in [1.165, 1.54) is 0 Å². The van der Waals surface area contributed by atoms with E-state index in [2.05, 4.69) is 11.8 Å². The molecule has 0 aromatic rings. The lowest BCUT2D eigenvalue weighted by molar-refractivity contribution is -0.134. The number of carbonyl (C=O) groups excluding carboxylic acids is 1. The Labute approximate surface area is 92.4 Å². The summed E-state index contributed by atoms with van der Waals surface area (Å²) >= 11 is 0. The van der Waals surface area contributed by atoms with Crippen LogP contribution in [0.25, 0.3) is 0 Å². The van der Waals surface area contributed by atoms with E-state index in [0.717, 1.165) is 19.5 Å². The molecule has 1 rings (SSSR count). The summed E-state index contributed by atoms with van der Waals surface area (Å²) in [5.41, 5.74) is 5.95. The molecule has 88 valence electrons. The quantitative estimate of drug-likeness (QED) is 0.709. The van der Waals surface area contributed by atoms with Crippen LogP contribution in [0.4, 0.5) is 0 Å². The second kappa shape index (κ2) is 4.94. The Morgan fingerprint density at radius 1 is 1.53 bits per heavy atom. The number of piperidine rings is 1. The highest BCUT2D eigenvalue weighted by atomic mass is 16.2. The van der Waals surface area contributed by atoms with Gasteiger partial charge in [0.15, 0.2) is 0 Å². The highest BCUT2D eigenvalue weighted by Gasteiger charge is 2.29. The summed E-state index contributed by atoms with van der Waals surface area (Å²) in [6.45, 7) is 6.00. The topological polar surface area (TPSA) is 49.6 Å². The van der Waals surface area contributed by atoms with Crippen LogP contribution in [-0.2, 0) is 4.79 Å². The van der Waals surface area contributed by atoms with Gasteiger partial charge < -0.3 is 10.6 Å². The van der Waals surface area contributed by atoms with E-state index in [4.69, 9.17) is 5.73 Å². The first-order valence-corrected chi connectivity index (χ1v) is 5.64. The van der Waals surface area contributed by atoms with Crippen LogP contribution < -0.4 is 5.73 Å². The second-order valence-electron chi connectivity index (χ2n) is 4.83. The Hall–Kier alpha value is -0.610. The molecule has 1 fully saturated rings. The summed E-state index contributed by atoms with van der Waals surface area (Å²) in [6, 6.07) is 0.276. The minimum atomic E-state index is -0.0186. The molecule has 4 heteroatoms. The molecule has 0 aromatic heterocycles. The predicted octanol–water partition coefficient (Wildman–Crippen LogP) is 0.132. The molecule has 0 aliphatic carbocycles. The van der Waals surface area contributed by atoms with Crippen molar-refractivity contribution in [2.75, 3.05) is 27.2 Å². The lowest BCUT2D eigenvalue weighted by Crippen LogP contribution is -2.53. The molecule has 1 aliphatic rings. The molecule has 0 saturated carbocycles. The molecule has 1 saturated heterocycles. The van der Waals surface area contributed by atoms with E-state index < -0.39 is 0 Å². The molecule has 1 amide bonds. The highest BCUT2D eigenvalue weighted by molar-refractivity contribution is 5.80. The second-order valence-corrected chi connectivity index (χ2v) is 4.83. The molecule has 3 unspecified atom stereocenters. The minimum Gasteiger partial charge on any atom is -0.347 e. The SMILES string of the molecule is CC1CN(C(C)C(=O)N(C)C)CCC1N. The summed E-state index contributed by atoms with van der Waals surface area (Å²) in [5, 5.41) is 0. The van der Waals surface area contributed by atoms with Gasteiger partial charge in [0.1, 0.15) is 0 Å². The zero-order chi connectivity index (χ0) is 11.6. The van der Waals surface area contributed by atoms with Crippen molar-refractivity contribution >= 4 is 5.91 Å². The molecule has 2 N–H and O–H groups in total. The van der Waals surface area contributed by atoms with Crippen molar-refractivity contribution in [1.82, 2.24) is 9.80 Å². The number of carbonyl (C=O) groups is 1. The Morgan fingerprint density at radius 2 is 2.13 bits per heavy atom. The Bertz CT molecular complexity index is 230. The fraction of sp³-hybridized carbons (Fsp3) is 0.909. The molecule has 1 heterocycles. The smallest absolute Gasteiger partial charge is 0.239 e. The number of nitrogens with zero attached hydrogens (tertiary/aromatic N) is 2. The summed E-state index contributed by atoms with van der Waals surface area (Å²) < 4.78 is 0. The van der Waals surface area contributed by atoms with Gasteiger partial charge in [0.05, 0.1) is 6.04 Å². The van der Waals surface area contributed by atoms with Gasteiger partial charge in [-0.1, -0.05) is 6.92 Å². The summed E-state index contributed by atoms with van der Waals surface area (Å²) in [5.74, 6) is 0.661. The lowest BCUT2D eigenvalue weighted by atomic mass is 9.94. The van der Waals surface area contributed by atoms with Crippen molar-refractivity contribution < 1.29 is 4.79 Å². The molecule has 4 nitrogen and oxygen atoms in total. The number of amides is 1. The maximum absolute atomic E-state index is 11.8. The molecule has 1 aliphatic heterocycles. The van der Waals surface area contributed by atoms with Crippen LogP contribution in [0.5, 0.6) is 0 Å². The third-order valence-electron chi connectivity index (χ3n) is 3.35. The van der Waals surface area contributed by atoms with Crippen molar-refractivity contribution in [3.63, 3.8) is 0 Å². The fourth-order valence-corrected chi connectivity index (χ4v) is 2.08. The third kappa shape index (κ3) is 2.92. The van der Waals surface area contributed by atoms with Gasteiger partial charge >= 0.3 is 0 Å². The summed E-state index contributed by atoms with van der Waals surface area (Å²) in [4.78, 5) is 15.7. The number of rotatable bonds is 2. The molecule has 0 bridgehead atoms. The number of likely N-dealkylation sites (tertiary alicyclic amines) is 1. The lowest BCUT2D eigenvalue weighted by Gasteiger charge is -2.38. The Kier molecular flexibility index (Phi) is 4.11. The van der Waals surface area contributed by atoms with E-state index in [0.29, 0.717) is 12.0 Å². The predicted molar refractivity (Wildman–Crippen MR) is 61.5 cm³/mol. The van der Waals surface area contributed by atoms with Crippen LogP contribution in [0, 0.1) is 5.92 Å². The standard InChI is InChI=1S/C11H23N3O/c1-8-7-14(6-5-10(8)12)9(2)11(15)13(3)4/h8-10H,5-7,12H2,1-4H3. The average Bonchev–Trinajstić information content (AvgIpc) is 2.19. The van der Waals surface area contributed by atoms with Gasteiger partial charge in [0.2, 0.25) is 5.91 Å². The largest absolute Gasteiger partial charge is 0.347 e. The summed E-state index contributed by atoms with van der Waals surface area (Å²) in [6.07, 6.45) is 0.992. The van der Waals surface area contributed by atoms with Gasteiger partial charge in [-0.2, -0.15) is 0 Å². The van der Waals surface area contributed by atoms with Gasteiger partial charge in [-0.05, 0) is 19.3 Å². The minimum absolute atomic E-state index is 0.0186. The van der Waals surface area contributed by atoms with Crippen LogP contribution in [0.2, 0.25) is 0 Å². The van der Waals surface area contributed by atoms with E-state index >= 15 is 0 Å². The number of likely N-dealkylation sites (N-methyl/N-ethyl adjacent to an activating group) is 1. The number of hydrogen-bond donors (Lipinski definition) is 1. The maximum Gasteiger partial charge on any atom is 0.239 e.